The molecule has 23 heavy (non-hydrogen) atoms. The minimum absolute atomic E-state index is 0.0127. The van der Waals surface area contributed by atoms with Crippen LogP contribution in [0.4, 0.5) is 0 Å². The van der Waals surface area contributed by atoms with E-state index in [1.54, 1.807) is 0 Å². The maximum Gasteiger partial charge on any atom is 0.215 e. The van der Waals surface area contributed by atoms with Crippen LogP contribution in [0.15, 0.2) is 29.3 Å². The first-order valence-electron chi connectivity index (χ1n) is 7.93. The van der Waals surface area contributed by atoms with Crippen molar-refractivity contribution in [1.29, 1.82) is 0 Å². The van der Waals surface area contributed by atoms with Gasteiger partial charge in [-0.05, 0) is 36.9 Å². The Hall–Kier alpha value is -1.60. The fourth-order valence-corrected chi connectivity index (χ4v) is 3.32. The molecule has 0 aromatic heterocycles. The summed E-state index contributed by atoms with van der Waals surface area (Å²) < 4.78 is 25.3. The van der Waals surface area contributed by atoms with E-state index in [-0.39, 0.29) is 5.75 Å². The molecule has 0 saturated carbocycles. The molecule has 1 aromatic carbocycles. The predicted molar refractivity (Wildman–Crippen MR) is 93.4 cm³/mol. The molecule has 1 aliphatic heterocycles. The summed E-state index contributed by atoms with van der Waals surface area (Å²) in [5.41, 5.74) is 7.83. The van der Waals surface area contributed by atoms with Crippen molar-refractivity contribution < 1.29 is 8.42 Å². The van der Waals surface area contributed by atoms with E-state index in [2.05, 4.69) is 21.5 Å². The van der Waals surface area contributed by atoms with Crippen LogP contribution in [-0.4, -0.2) is 39.4 Å². The number of benzene rings is 1. The van der Waals surface area contributed by atoms with Crippen LogP contribution in [0.1, 0.15) is 30.9 Å². The largest absolute Gasteiger partial charge is 0.370 e. The minimum Gasteiger partial charge on any atom is -0.370 e. The number of aliphatic imine (C=N–C) groups is 1. The lowest BCUT2D eigenvalue weighted by Gasteiger charge is -2.31. The summed E-state index contributed by atoms with van der Waals surface area (Å²) in [6, 6.07) is 7.43. The number of nitrogens with one attached hydrogen (secondary N) is 1. The molecule has 0 bridgehead atoms. The second-order valence-corrected chi connectivity index (χ2v) is 8.05. The van der Waals surface area contributed by atoms with E-state index >= 15 is 0 Å². The van der Waals surface area contributed by atoms with Gasteiger partial charge in [-0.3, -0.25) is 0 Å². The number of sulfonamides is 1. The molecular weight excluding hydrogens is 312 g/mol. The van der Waals surface area contributed by atoms with E-state index < -0.39 is 10.0 Å². The molecule has 2 rings (SSSR count). The van der Waals surface area contributed by atoms with Gasteiger partial charge in [-0.2, -0.15) is 0 Å². The van der Waals surface area contributed by atoms with Crippen LogP contribution in [-0.2, 0) is 22.3 Å². The Balaban J connectivity index is 1.92. The van der Waals surface area contributed by atoms with Crippen molar-refractivity contribution in [2.24, 2.45) is 16.6 Å². The fourth-order valence-electron chi connectivity index (χ4n) is 2.54. The van der Waals surface area contributed by atoms with Crippen molar-refractivity contribution >= 4 is 16.0 Å². The molecule has 0 unspecified atom stereocenters. The third-order valence-electron chi connectivity index (χ3n) is 4.22. The molecule has 1 saturated heterocycles. The number of piperidine rings is 1. The van der Waals surface area contributed by atoms with Crippen LogP contribution in [0.5, 0.6) is 0 Å². The summed E-state index contributed by atoms with van der Waals surface area (Å²) in [6.45, 7) is 4.71. The van der Waals surface area contributed by atoms with Crippen molar-refractivity contribution in [2.75, 3.05) is 20.1 Å². The van der Waals surface area contributed by atoms with Gasteiger partial charge in [0, 0.05) is 13.1 Å². The molecule has 1 aliphatic rings. The van der Waals surface area contributed by atoms with Gasteiger partial charge in [-0.25, -0.2) is 18.1 Å². The second-order valence-electron chi connectivity index (χ2n) is 6.12. The smallest absolute Gasteiger partial charge is 0.215 e. The summed E-state index contributed by atoms with van der Waals surface area (Å²) in [6.07, 6.45) is 2.32. The number of hydrogen-bond donors (Lipinski definition) is 2. The van der Waals surface area contributed by atoms with Crippen molar-refractivity contribution in [3.63, 3.8) is 0 Å². The van der Waals surface area contributed by atoms with Gasteiger partial charge in [-0.1, -0.05) is 31.2 Å². The minimum atomic E-state index is -3.23. The Morgan fingerprint density at radius 1 is 1.26 bits per heavy atom. The molecule has 0 aliphatic carbocycles. The summed E-state index contributed by atoms with van der Waals surface area (Å²) >= 11 is 0. The number of nitrogens with two attached hydrogens (primary N) is 1. The van der Waals surface area contributed by atoms with Gasteiger partial charge in [0.2, 0.25) is 10.0 Å². The molecule has 128 valence electrons. The van der Waals surface area contributed by atoms with Crippen molar-refractivity contribution in [1.82, 2.24) is 9.62 Å². The Kier molecular flexibility index (Phi) is 6.01. The number of guanidine groups is 1. The highest BCUT2D eigenvalue weighted by molar-refractivity contribution is 7.88. The van der Waals surface area contributed by atoms with E-state index in [1.807, 2.05) is 24.3 Å². The standard InChI is InChI=1S/C16H26N4O2S/c1-13-7-9-20(10-8-13)16(17)19-11-14-3-5-15(6-4-14)12-23(21,22)18-2/h3-6,13,18H,7-12H2,1-2H3,(H2,17,19). The predicted octanol–water partition coefficient (Wildman–Crippen LogP) is 1.28. The van der Waals surface area contributed by atoms with Gasteiger partial charge in [0.25, 0.3) is 0 Å². The molecule has 0 radical (unpaired) electrons. The molecule has 0 spiro atoms. The molecule has 3 N–H and O–H groups in total. The Morgan fingerprint density at radius 2 is 1.83 bits per heavy atom. The molecule has 1 heterocycles. The number of hydrogen-bond acceptors (Lipinski definition) is 3. The first kappa shape index (κ1) is 17.7. The van der Waals surface area contributed by atoms with Crippen LogP contribution in [0.3, 0.4) is 0 Å². The van der Waals surface area contributed by atoms with Crippen molar-refractivity contribution in [2.45, 2.75) is 32.1 Å². The Bertz CT molecular complexity index is 633. The van der Waals surface area contributed by atoms with Crippen LogP contribution in [0, 0.1) is 5.92 Å². The molecule has 1 aromatic rings. The number of nitrogens with zero attached hydrogens (tertiary/aromatic N) is 2. The quantitative estimate of drug-likeness (QED) is 0.625. The van der Waals surface area contributed by atoms with E-state index in [9.17, 15) is 8.42 Å². The van der Waals surface area contributed by atoms with E-state index in [0.29, 0.717) is 12.5 Å². The summed E-state index contributed by atoms with van der Waals surface area (Å²) in [5, 5.41) is 0. The molecule has 0 amide bonds. The Morgan fingerprint density at radius 3 is 2.39 bits per heavy atom. The molecule has 7 heteroatoms. The first-order valence-corrected chi connectivity index (χ1v) is 9.59. The van der Waals surface area contributed by atoms with Crippen molar-refractivity contribution in [3.8, 4) is 0 Å². The van der Waals surface area contributed by atoms with E-state index in [1.165, 1.54) is 7.05 Å². The van der Waals surface area contributed by atoms with Gasteiger partial charge >= 0.3 is 0 Å². The third kappa shape index (κ3) is 5.51. The van der Waals surface area contributed by atoms with Gasteiger partial charge in [-0.15, -0.1) is 0 Å². The van der Waals surface area contributed by atoms with Gasteiger partial charge in [0.05, 0.1) is 12.3 Å². The van der Waals surface area contributed by atoms with Crippen LogP contribution >= 0.6 is 0 Å². The molecular formula is C16H26N4O2S. The topological polar surface area (TPSA) is 87.8 Å². The Labute approximate surface area is 138 Å². The van der Waals surface area contributed by atoms with Crippen LogP contribution < -0.4 is 10.5 Å². The third-order valence-corrected chi connectivity index (χ3v) is 5.56. The first-order chi connectivity index (χ1) is 10.9. The summed E-state index contributed by atoms with van der Waals surface area (Å²) in [5.74, 6) is 1.35. The fraction of sp³-hybridized carbons (Fsp3) is 0.562. The van der Waals surface area contributed by atoms with Gasteiger partial charge in [0.15, 0.2) is 5.96 Å². The van der Waals surface area contributed by atoms with E-state index in [0.717, 1.165) is 43.0 Å². The highest BCUT2D eigenvalue weighted by atomic mass is 32.2. The van der Waals surface area contributed by atoms with Crippen LogP contribution in [0.25, 0.3) is 0 Å². The lowest BCUT2D eigenvalue weighted by Crippen LogP contribution is -2.42. The van der Waals surface area contributed by atoms with Crippen molar-refractivity contribution in [3.05, 3.63) is 35.4 Å². The normalized spacial score (nSPS) is 17.5. The molecule has 0 atom stereocenters. The average molecular weight is 338 g/mol. The zero-order valence-electron chi connectivity index (χ0n) is 13.8. The summed E-state index contributed by atoms with van der Waals surface area (Å²) in [7, 11) is -1.82. The lowest BCUT2D eigenvalue weighted by molar-refractivity contribution is 0.277. The van der Waals surface area contributed by atoms with E-state index in [4.69, 9.17) is 5.73 Å². The zero-order valence-corrected chi connectivity index (χ0v) is 14.6. The molecule has 1 fully saturated rings. The number of rotatable bonds is 5. The average Bonchev–Trinajstić information content (AvgIpc) is 2.54. The summed E-state index contributed by atoms with van der Waals surface area (Å²) in [4.78, 5) is 6.59. The second kappa shape index (κ2) is 7.79. The van der Waals surface area contributed by atoms with Gasteiger partial charge < -0.3 is 10.6 Å². The maximum absolute atomic E-state index is 11.5. The molecule has 6 nitrogen and oxygen atoms in total. The maximum atomic E-state index is 11.5. The van der Waals surface area contributed by atoms with Gasteiger partial charge in [0.1, 0.15) is 0 Å². The lowest BCUT2D eigenvalue weighted by atomic mass is 10.00. The number of likely N-dealkylation sites (tertiary alicyclic amines) is 1. The highest BCUT2D eigenvalue weighted by Crippen LogP contribution is 2.16. The van der Waals surface area contributed by atoms with Crippen LogP contribution in [0.2, 0.25) is 0 Å². The monoisotopic (exact) mass is 338 g/mol. The highest BCUT2D eigenvalue weighted by Gasteiger charge is 2.16. The zero-order chi connectivity index (χ0) is 16.9. The SMILES string of the molecule is CNS(=O)(=O)Cc1ccc(CN=C(N)N2CCC(C)CC2)cc1.